The molecule has 2 aliphatic rings. The number of piperidine rings is 1. The summed E-state index contributed by atoms with van der Waals surface area (Å²) < 4.78 is 5.62. The maximum atomic E-state index is 13.3. The summed E-state index contributed by atoms with van der Waals surface area (Å²) in [5.41, 5.74) is 2.42. The Morgan fingerprint density at radius 3 is 2.93 bits per heavy atom. The fraction of sp³-hybridized carbons (Fsp3) is 0.417. The Balaban J connectivity index is 1.45. The standard InChI is InChI=1S/C24H26N4O2/c1-17-5-2-6-19(13-17)22(29)28-12-4-10-24(16-28,14-18-8-9-18)23-26-21(30-27-23)20-7-3-11-25-15-20/h2-3,5-7,11,13,15,18H,4,8-10,12,14,16H2,1H3. The average molecular weight is 402 g/mol. The minimum atomic E-state index is -0.247. The molecule has 1 unspecified atom stereocenters. The first-order valence-corrected chi connectivity index (χ1v) is 10.7. The molecule has 0 N–H and O–H groups in total. The number of carbonyl (C=O) groups is 1. The summed E-state index contributed by atoms with van der Waals surface area (Å²) in [7, 11) is 0. The van der Waals surface area contributed by atoms with E-state index in [2.05, 4.69) is 10.1 Å². The van der Waals surface area contributed by atoms with Gasteiger partial charge in [0.05, 0.1) is 11.0 Å². The van der Waals surface area contributed by atoms with Crippen LogP contribution < -0.4 is 0 Å². The van der Waals surface area contributed by atoms with Crippen LogP contribution in [0.3, 0.4) is 0 Å². The summed E-state index contributed by atoms with van der Waals surface area (Å²) in [6, 6.07) is 11.6. The number of likely N-dealkylation sites (tertiary alicyclic amines) is 1. The van der Waals surface area contributed by atoms with Gasteiger partial charge in [-0.3, -0.25) is 9.78 Å². The number of hydrogen-bond acceptors (Lipinski definition) is 5. The van der Waals surface area contributed by atoms with Gasteiger partial charge in [-0.05, 0) is 56.4 Å². The van der Waals surface area contributed by atoms with Gasteiger partial charge in [0.1, 0.15) is 0 Å². The molecule has 2 fully saturated rings. The van der Waals surface area contributed by atoms with E-state index in [4.69, 9.17) is 9.51 Å². The number of aryl methyl sites for hydroxylation is 1. The van der Waals surface area contributed by atoms with Gasteiger partial charge < -0.3 is 9.42 Å². The third-order valence-corrected chi connectivity index (χ3v) is 6.31. The van der Waals surface area contributed by atoms with Gasteiger partial charge in [0.15, 0.2) is 5.82 Å². The van der Waals surface area contributed by atoms with Crippen molar-refractivity contribution in [2.75, 3.05) is 13.1 Å². The molecule has 1 saturated heterocycles. The van der Waals surface area contributed by atoms with Crippen molar-refractivity contribution in [2.24, 2.45) is 5.92 Å². The van der Waals surface area contributed by atoms with Gasteiger partial charge in [-0.15, -0.1) is 0 Å². The Morgan fingerprint density at radius 2 is 2.17 bits per heavy atom. The van der Waals surface area contributed by atoms with Crippen molar-refractivity contribution in [3.63, 3.8) is 0 Å². The van der Waals surface area contributed by atoms with Gasteiger partial charge in [-0.25, -0.2) is 0 Å². The summed E-state index contributed by atoms with van der Waals surface area (Å²) in [5.74, 6) is 2.01. The number of pyridine rings is 1. The van der Waals surface area contributed by atoms with E-state index in [-0.39, 0.29) is 11.3 Å². The molecule has 6 nitrogen and oxygen atoms in total. The van der Waals surface area contributed by atoms with E-state index in [1.54, 1.807) is 12.4 Å². The Bertz CT molecular complexity index is 1040. The number of benzene rings is 1. The average Bonchev–Trinajstić information content (AvgIpc) is 3.44. The van der Waals surface area contributed by atoms with Crippen molar-refractivity contribution in [3.8, 4) is 11.5 Å². The lowest BCUT2D eigenvalue weighted by atomic mass is 9.74. The monoisotopic (exact) mass is 402 g/mol. The molecule has 154 valence electrons. The SMILES string of the molecule is Cc1cccc(C(=O)N2CCCC(CC3CC3)(c3noc(-c4cccnc4)n3)C2)c1. The van der Waals surface area contributed by atoms with Crippen LogP contribution in [0, 0.1) is 12.8 Å². The van der Waals surface area contributed by atoms with Gasteiger partial charge in [0.25, 0.3) is 11.8 Å². The predicted octanol–water partition coefficient (Wildman–Crippen LogP) is 4.41. The number of carbonyl (C=O) groups excluding carboxylic acids is 1. The molecule has 0 bridgehead atoms. The number of aromatic nitrogens is 3. The zero-order valence-electron chi connectivity index (χ0n) is 17.3. The first-order chi connectivity index (χ1) is 14.6. The molecule has 3 heterocycles. The molecule has 0 spiro atoms. The van der Waals surface area contributed by atoms with Gasteiger partial charge in [-0.2, -0.15) is 4.98 Å². The highest BCUT2D eigenvalue weighted by Gasteiger charge is 2.46. The van der Waals surface area contributed by atoms with Gasteiger partial charge in [0.2, 0.25) is 0 Å². The highest BCUT2D eigenvalue weighted by Crippen LogP contribution is 2.46. The van der Waals surface area contributed by atoms with E-state index in [0.717, 1.165) is 48.3 Å². The van der Waals surface area contributed by atoms with Crippen molar-refractivity contribution in [2.45, 2.75) is 44.4 Å². The first kappa shape index (κ1) is 19.0. The lowest BCUT2D eigenvalue weighted by Gasteiger charge is -2.41. The molecule has 1 saturated carbocycles. The highest BCUT2D eigenvalue weighted by atomic mass is 16.5. The third kappa shape index (κ3) is 3.74. The molecule has 0 radical (unpaired) electrons. The van der Waals surface area contributed by atoms with Gasteiger partial charge in [0, 0.05) is 31.0 Å². The van der Waals surface area contributed by atoms with E-state index in [9.17, 15) is 4.79 Å². The first-order valence-electron chi connectivity index (χ1n) is 10.7. The zero-order chi connectivity index (χ0) is 20.6. The number of amides is 1. The summed E-state index contributed by atoms with van der Waals surface area (Å²) in [5, 5.41) is 4.40. The molecule has 1 amide bonds. The maximum Gasteiger partial charge on any atom is 0.259 e. The lowest BCUT2D eigenvalue weighted by Crippen LogP contribution is -2.49. The molecule has 1 atom stereocenters. The second-order valence-electron chi connectivity index (χ2n) is 8.79. The van der Waals surface area contributed by atoms with E-state index in [1.165, 1.54) is 12.8 Å². The van der Waals surface area contributed by atoms with Crippen molar-refractivity contribution in [1.82, 2.24) is 20.0 Å². The van der Waals surface area contributed by atoms with Crippen LogP contribution >= 0.6 is 0 Å². The minimum Gasteiger partial charge on any atom is -0.338 e. The maximum absolute atomic E-state index is 13.3. The molecule has 30 heavy (non-hydrogen) atoms. The molecular formula is C24H26N4O2. The van der Waals surface area contributed by atoms with Crippen molar-refractivity contribution < 1.29 is 9.32 Å². The fourth-order valence-electron chi connectivity index (χ4n) is 4.63. The smallest absolute Gasteiger partial charge is 0.259 e. The Morgan fingerprint density at radius 1 is 1.27 bits per heavy atom. The Kier molecular flexibility index (Phi) is 4.85. The summed E-state index contributed by atoms with van der Waals surface area (Å²) >= 11 is 0. The second kappa shape index (κ2) is 7.67. The molecule has 1 aliphatic heterocycles. The molecule has 1 aliphatic carbocycles. The largest absolute Gasteiger partial charge is 0.338 e. The molecule has 6 heteroatoms. The topological polar surface area (TPSA) is 72.1 Å². The van der Waals surface area contributed by atoms with Crippen LogP contribution in [0.15, 0.2) is 53.3 Å². The van der Waals surface area contributed by atoms with Crippen LogP contribution in [-0.2, 0) is 5.41 Å². The van der Waals surface area contributed by atoms with E-state index >= 15 is 0 Å². The van der Waals surface area contributed by atoms with Crippen LogP contribution in [0.5, 0.6) is 0 Å². The van der Waals surface area contributed by atoms with Crippen molar-refractivity contribution in [1.29, 1.82) is 0 Å². The Hall–Kier alpha value is -3.02. The molecular weight excluding hydrogens is 376 g/mol. The fourth-order valence-corrected chi connectivity index (χ4v) is 4.63. The normalized spacial score (nSPS) is 21.6. The summed E-state index contributed by atoms with van der Waals surface area (Å²) in [4.78, 5) is 24.2. The lowest BCUT2D eigenvalue weighted by molar-refractivity contribution is 0.0607. The highest BCUT2D eigenvalue weighted by molar-refractivity contribution is 5.94. The predicted molar refractivity (Wildman–Crippen MR) is 113 cm³/mol. The van der Waals surface area contributed by atoms with Crippen LogP contribution in [0.25, 0.3) is 11.5 Å². The number of nitrogens with zero attached hydrogens (tertiary/aromatic N) is 4. The molecule has 5 rings (SSSR count). The van der Waals surface area contributed by atoms with Gasteiger partial charge >= 0.3 is 0 Å². The van der Waals surface area contributed by atoms with Crippen molar-refractivity contribution >= 4 is 5.91 Å². The van der Waals surface area contributed by atoms with Crippen LogP contribution in [0.2, 0.25) is 0 Å². The van der Waals surface area contributed by atoms with Crippen LogP contribution in [0.1, 0.15) is 53.8 Å². The Labute approximate surface area is 176 Å². The van der Waals surface area contributed by atoms with Crippen LogP contribution in [0.4, 0.5) is 0 Å². The van der Waals surface area contributed by atoms with Crippen LogP contribution in [-0.4, -0.2) is 39.0 Å². The van der Waals surface area contributed by atoms with E-state index in [1.807, 2.05) is 48.2 Å². The van der Waals surface area contributed by atoms with E-state index < -0.39 is 0 Å². The third-order valence-electron chi connectivity index (χ3n) is 6.31. The number of rotatable bonds is 5. The second-order valence-corrected chi connectivity index (χ2v) is 8.79. The number of hydrogen-bond donors (Lipinski definition) is 0. The molecule has 2 aromatic heterocycles. The molecule has 1 aromatic carbocycles. The summed E-state index contributed by atoms with van der Waals surface area (Å²) in [6.07, 6.45) is 8.90. The minimum absolute atomic E-state index is 0.0922. The van der Waals surface area contributed by atoms with E-state index in [0.29, 0.717) is 18.4 Å². The van der Waals surface area contributed by atoms with Gasteiger partial charge in [-0.1, -0.05) is 35.7 Å². The molecule has 3 aromatic rings. The summed E-state index contributed by atoms with van der Waals surface area (Å²) in [6.45, 7) is 3.43. The van der Waals surface area contributed by atoms with Crippen molar-refractivity contribution in [3.05, 3.63) is 65.7 Å². The quantitative estimate of drug-likeness (QED) is 0.632. The zero-order valence-corrected chi connectivity index (χ0v) is 17.3.